The Morgan fingerprint density at radius 1 is 1.25 bits per heavy atom. The number of hydrogen-bond donors (Lipinski definition) is 0. The van der Waals surface area contributed by atoms with Crippen molar-refractivity contribution in [2.75, 3.05) is 13.1 Å². The predicted octanol–water partition coefficient (Wildman–Crippen LogP) is 0.576. The van der Waals surface area contributed by atoms with Crippen LogP contribution in [-0.4, -0.2) is 32.0 Å². The highest BCUT2D eigenvalue weighted by Crippen LogP contribution is 2.18. The van der Waals surface area contributed by atoms with Crippen LogP contribution in [0.3, 0.4) is 0 Å². The highest BCUT2D eigenvalue weighted by atomic mass is 32.2. The molecule has 12 heavy (non-hydrogen) atoms. The summed E-state index contributed by atoms with van der Waals surface area (Å²) in [6.45, 7) is 4.94. The molecule has 1 aliphatic heterocycles. The van der Waals surface area contributed by atoms with E-state index in [9.17, 15) is 8.42 Å². The Morgan fingerprint density at radius 3 is 2.17 bits per heavy atom. The maximum atomic E-state index is 11.6. The largest absolute Gasteiger partial charge is 0.242 e. The standard InChI is InChI=1S/C8H16NO2S/c1-7(2)12(10,11)8-3-5-9-6-4-8/h7-8H,3-6H2,1-2H3. The summed E-state index contributed by atoms with van der Waals surface area (Å²) in [4.78, 5) is 0. The molecular weight excluding hydrogens is 174 g/mol. The molecule has 0 bridgehead atoms. The molecule has 0 amide bonds. The van der Waals surface area contributed by atoms with Crippen LogP contribution < -0.4 is 5.32 Å². The second-order valence-electron chi connectivity index (χ2n) is 3.51. The molecule has 0 spiro atoms. The third-order valence-electron chi connectivity index (χ3n) is 2.34. The van der Waals surface area contributed by atoms with Crippen molar-refractivity contribution in [2.45, 2.75) is 37.2 Å². The van der Waals surface area contributed by atoms with Gasteiger partial charge in [0, 0.05) is 13.1 Å². The monoisotopic (exact) mass is 190 g/mol. The van der Waals surface area contributed by atoms with Crippen molar-refractivity contribution in [3.63, 3.8) is 0 Å². The van der Waals surface area contributed by atoms with Gasteiger partial charge in [0.25, 0.3) is 0 Å². The van der Waals surface area contributed by atoms with Gasteiger partial charge in [-0.25, -0.2) is 13.7 Å². The maximum Gasteiger partial charge on any atom is 0.155 e. The highest BCUT2D eigenvalue weighted by molar-refractivity contribution is 7.92. The SMILES string of the molecule is CC(C)S(=O)(=O)C1CC[N]CC1. The van der Waals surface area contributed by atoms with E-state index in [4.69, 9.17) is 0 Å². The first kappa shape index (κ1) is 9.99. The van der Waals surface area contributed by atoms with E-state index in [1.807, 2.05) is 0 Å². The fraction of sp³-hybridized carbons (Fsp3) is 1.00. The fourth-order valence-electron chi connectivity index (χ4n) is 1.44. The van der Waals surface area contributed by atoms with E-state index in [0.29, 0.717) is 0 Å². The summed E-state index contributed by atoms with van der Waals surface area (Å²) < 4.78 is 23.3. The van der Waals surface area contributed by atoms with E-state index in [1.54, 1.807) is 13.8 Å². The molecule has 1 saturated heterocycles. The first-order chi connectivity index (χ1) is 5.55. The van der Waals surface area contributed by atoms with Gasteiger partial charge in [-0.2, -0.15) is 0 Å². The van der Waals surface area contributed by atoms with Gasteiger partial charge in [0.05, 0.1) is 10.5 Å². The second-order valence-corrected chi connectivity index (χ2v) is 6.30. The van der Waals surface area contributed by atoms with Crippen molar-refractivity contribution in [1.29, 1.82) is 0 Å². The smallest absolute Gasteiger partial charge is 0.155 e. The molecule has 4 heteroatoms. The van der Waals surface area contributed by atoms with Crippen LogP contribution in [-0.2, 0) is 9.84 Å². The zero-order valence-electron chi connectivity index (χ0n) is 7.66. The van der Waals surface area contributed by atoms with Crippen molar-refractivity contribution >= 4 is 9.84 Å². The average Bonchev–Trinajstić information content (AvgIpc) is 2.06. The number of rotatable bonds is 2. The van der Waals surface area contributed by atoms with Crippen molar-refractivity contribution in [3.8, 4) is 0 Å². The quantitative estimate of drug-likeness (QED) is 0.639. The van der Waals surface area contributed by atoms with E-state index in [1.165, 1.54) is 0 Å². The molecule has 3 nitrogen and oxygen atoms in total. The Kier molecular flexibility index (Phi) is 3.12. The van der Waals surface area contributed by atoms with Gasteiger partial charge >= 0.3 is 0 Å². The van der Waals surface area contributed by atoms with Gasteiger partial charge in [0.1, 0.15) is 0 Å². The van der Waals surface area contributed by atoms with Crippen LogP contribution in [0.15, 0.2) is 0 Å². The van der Waals surface area contributed by atoms with Crippen LogP contribution in [0.1, 0.15) is 26.7 Å². The molecule has 71 valence electrons. The lowest BCUT2D eigenvalue weighted by Gasteiger charge is -2.23. The van der Waals surface area contributed by atoms with Gasteiger partial charge in [0.2, 0.25) is 0 Å². The first-order valence-electron chi connectivity index (χ1n) is 4.41. The molecule has 1 rings (SSSR count). The van der Waals surface area contributed by atoms with E-state index in [2.05, 4.69) is 5.32 Å². The maximum absolute atomic E-state index is 11.6. The van der Waals surface area contributed by atoms with Crippen LogP contribution >= 0.6 is 0 Å². The third-order valence-corrected chi connectivity index (χ3v) is 5.05. The molecule has 1 radical (unpaired) electrons. The van der Waals surface area contributed by atoms with Gasteiger partial charge in [-0.3, -0.25) is 0 Å². The van der Waals surface area contributed by atoms with Crippen LogP contribution in [0.25, 0.3) is 0 Å². The fourth-order valence-corrected chi connectivity index (χ4v) is 3.08. The lowest BCUT2D eigenvalue weighted by atomic mass is 10.2. The van der Waals surface area contributed by atoms with Crippen molar-refractivity contribution in [2.24, 2.45) is 0 Å². The van der Waals surface area contributed by atoms with Gasteiger partial charge in [-0.1, -0.05) is 0 Å². The van der Waals surface area contributed by atoms with Gasteiger partial charge < -0.3 is 0 Å². The zero-order chi connectivity index (χ0) is 9.19. The summed E-state index contributed by atoms with van der Waals surface area (Å²) in [5, 5.41) is 3.77. The molecule has 0 aromatic carbocycles. The minimum Gasteiger partial charge on any atom is -0.242 e. The summed E-state index contributed by atoms with van der Waals surface area (Å²) in [6, 6.07) is 0. The molecule has 0 aromatic heterocycles. The van der Waals surface area contributed by atoms with Gasteiger partial charge in [-0.05, 0) is 26.7 Å². The lowest BCUT2D eigenvalue weighted by molar-refractivity contribution is 0.486. The lowest BCUT2D eigenvalue weighted by Crippen LogP contribution is -2.36. The molecule has 0 unspecified atom stereocenters. The predicted molar refractivity (Wildman–Crippen MR) is 48.9 cm³/mol. The average molecular weight is 190 g/mol. The Balaban J connectivity index is 2.67. The number of nitrogens with zero attached hydrogens (tertiary/aromatic N) is 1. The Labute approximate surface area is 74.5 Å². The van der Waals surface area contributed by atoms with Gasteiger partial charge in [0.15, 0.2) is 9.84 Å². The molecule has 1 aliphatic rings. The molecule has 0 atom stereocenters. The number of sulfone groups is 1. The molecule has 0 aliphatic carbocycles. The van der Waals surface area contributed by atoms with Crippen LogP contribution in [0.4, 0.5) is 0 Å². The molecule has 0 N–H and O–H groups in total. The normalized spacial score (nSPS) is 21.6. The molecule has 0 aromatic rings. The van der Waals surface area contributed by atoms with Crippen LogP contribution in [0.5, 0.6) is 0 Å². The van der Waals surface area contributed by atoms with Crippen LogP contribution in [0.2, 0.25) is 0 Å². The van der Waals surface area contributed by atoms with E-state index in [0.717, 1.165) is 25.9 Å². The third kappa shape index (κ3) is 1.98. The van der Waals surface area contributed by atoms with E-state index in [-0.39, 0.29) is 10.5 Å². The van der Waals surface area contributed by atoms with Crippen molar-refractivity contribution < 1.29 is 8.42 Å². The summed E-state index contributed by atoms with van der Waals surface area (Å²) >= 11 is 0. The van der Waals surface area contributed by atoms with Gasteiger partial charge in [-0.15, -0.1) is 0 Å². The van der Waals surface area contributed by atoms with Crippen molar-refractivity contribution in [3.05, 3.63) is 0 Å². The van der Waals surface area contributed by atoms with E-state index < -0.39 is 9.84 Å². The minimum absolute atomic E-state index is 0.130. The Bertz CT molecular complexity index is 227. The second kappa shape index (κ2) is 3.75. The summed E-state index contributed by atoms with van der Waals surface area (Å²) in [7, 11) is -2.86. The van der Waals surface area contributed by atoms with Crippen molar-refractivity contribution in [1.82, 2.24) is 5.32 Å². The summed E-state index contributed by atoms with van der Waals surface area (Å²) in [6.07, 6.45) is 1.45. The highest BCUT2D eigenvalue weighted by Gasteiger charge is 2.29. The summed E-state index contributed by atoms with van der Waals surface area (Å²) in [5.41, 5.74) is 0. The number of piperidine rings is 1. The van der Waals surface area contributed by atoms with E-state index >= 15 is 0 Å². The Morgan fingerprint density at radius 2 is 1.75 bits per heavy atom. The first-order valence-corrected chi connectivity index (χ1v) is 6.02. The molecular formula is C8H16NO2S. The summed E-state index contributed by atoms with van der Waals surface area (Å²) in [5.74, 6) is 0. The number of hydrogen-bond acceptors (Lipinski definition) is 2. The molecule has 1 fully saturated rings. The Hall–Kier alpha value is -0.0900. The molecule has 1 heterocycles. The topological polar surface area (TPSA) is 48.2 Å². The minimum atomic E-state index is -2.86. The van der Waals surface area contributed by atoms with Crippen LogP contribution in [0, 0.1) is 0 Å². The zero-order valence-corrected chi connectivity index (χ0v) is 8.47. The molecule has 0 saturated carbocycles.